The van der Waals surface area contributed by atoms with Crippen LogP contribution < -0.4 is 5.73 Å². The average Bonchev–Trinajstić information content (AvgIpc) is 2.27. The lowest BCUT2D eigenvalue weighted by Crippen LogP contribution is -2.36. The summed E-state index contributed by atoms with van der Waals surface area (Å²) in [6.07, 6.45) is 0.241. The fraction of sp³-hybridized carbons (Fsp3) is 0.417. The second-order valence-corrected chi connectivity index (χ2v) is 4.60. The lowest BCUT2D eigenvalue weighted by molar-refractivity contribution is -0.196. The first-order valence-electron chi connectivity index (χ1n) is 5.44. The van der Waals surface area contributed by atoms with Gasteiger partial charge < -0.3 is 15.2 Å². The number of nitrogens with two attached hydrogens (primary N) is 1. The number of ether oxygens (including phenoxy) is 2. The zero-order chi connectivity index (χ0) is 13.8. The van der Waals surface area contributed by atoms with Crippen molar-refractivity contribution in [3.8, 4) is 0 Å². The fourth-order valence-corrected chi connectivity index (χ4v) is 2.34. The molecule has 0 heterocycles. The van der Waals surface area contributed by atoms with Crippen molar-refractivity contribution in [1.29, 1.82) is 0 Å². The molecular weight excluding hydrogens is 277 g/mol. The van der Waals surface area contributed by atoms with E-state index in [1.807, 2.05) is 6.92 Å². The van der Waals surface area contributed by atoms with E-state index in [0.717, 1.165) is 6.42 Å². The topological polar surface area (TPSA) is 61.6 Å². The number of carbonyl (C=O) groups excluding carboxylic acids is 1. The summed E-state index contributed by atoms with van der Waals surface area (Å²) in [5, 5.41) is 0.850. The van der Waals surface area contributed by atoms with Gasteiger partial charge in [0.05, 0.1) is 5.02 Å². The van der Waals surface area contributed by atoms with Gasteiger partial charge in [-0.1, -0.05) is 30.1 Å². The minimum Gasteiger partial charge on any atom is -0.413 e. The molecule has 2 N–H and O–H groups in total. The molecule has 1 aromatic rings. The van der Waals surface area contributed by atoms with Gasteiger partial charge in [0.1, 0.15) is 0 Å². The third kappa shape index (κ3) is 3.28. The molecule has 0 bridgehead atoms. The Morgan fingerprint density at radius 1 is 1.44 bits per heavy atom. The molecule has 0 aliphatic rings. The summed E-state index contributed by atoms with van der Waals surface area (Å²) < 4.78 is 10.5. The van der Waals surface area contributed by atoms with Crippen molar-refractivity contribution >= 4 is 29.3 Å². The molecule has 6 heteroatoms. The SMILES string of the molecule is CCCC(OC)(OC(N)=O)c1ccc(Cl)cc1Cl. The highest BCUT2D eigenvalue weighted by molar-refractivity contribution is 6.35. The van der Waals surface area contributed by atoms with Gasteiger partial charge in [0.15, 0.2) is 0 Å². The van der Waals surface area contributed by atoms with E-state index in [9.17, 15) is 4.79 Å². The van der Waals surface area contributed by atoms with Crippen molar-refractivity contribution in [2.75, 3.05) is 7.11 Å². The minimum absolute atomic E-state index is 0.360. The summed E-state index contributed by atoms with van der Waals surface area (Å²) in [4.78, 5) is 11.1. The van der Waals surface area contributed by atoms with Crippen LogP contribution in [-0.2, 0) is 15.3 Å². The molecule has 100 valence electrons. The zero-order valence-corrected chi connectivity index (χ0v) is 11.7. The van der Waals surface area contributed by atoms with Crippen LogP contribution in [0.15, 0.2) is 18.2 Å². The molecule has 18 heavy (non-hydrogen) atoms. The summed E-state index contributed by atoms with van der Waals surface area (Å²) in [6.45, 7) is 1.93. The van der Waals surface area contributed by atoms with Gasteiger partial charge in [-0.05, 0) is 24.6 Å². The van der Waals surface area contributed by atoms with Crippen LogP contribution in [0, 0.1) is 0 Å². The highest BCUT2D eigenvalue weighted by Gasteiger charge is 2.37. The van der Waals surface area contributed by atoms with E-state index in [-0.39, 0.29) is 0 Å². The first kappa shape index (κ1) is 15.1. The number of rotatable bonds is 5. The minimum atomic E-state index is -1.28. The number of halogens is 2. The molecule has 1 rings (SSSR count). The van der Waals surface area contributed by atoms with Crippen molar-refractivity contribution in [3.63, 3.8) is 0 Å². The Morgan fingerprint density at radius 3 is 2.56 bits per heavy atom. The second kappa shape index (κ2) is 6.27. The molecule has 0 saturated heterocycles. The maximum absolute atomic E-state index is 11.1. The quantitative estimate of drug-likeness (QED) is 0.842. The lowest BCUT2D eigenvalue weighted by atomic mass is 10.0. The molecule has 0 saturated carbocycles. The van der Waals surface area contributed by atoms with Gasteiger partial charge in [-0.2, -0.15) is 0 Å². The monoisotopic (exact) mass is 291 g/mol. The predicted molar refractivity (Wildman–Crippen MR) is 70.7 cm³/mol. The number of carbonyl (C=O) groups is 1. The maximum atomic E-state index is 11.1. The van der Waals surface area contributed by atoms with Crippen molar-refractivity contribution in [3.05, 3.63) is 33.8 Å². The summed E-state index contributed by atoms with van der Waals surface area (Å²) in [7, 11) is 1.43. The third-order valence-corrected chi connectivity index (χ3v) is 3.06. The summed E-state index contributed by atoms with van der Waals surface area (Å²) in [6, 6.07) is 4.87. The predicted octanol–water partition coefficient (Wildman–Crippen LogP) is 3.69. The molecule has 0 aliphatic heterocycles. The van der Waals surface area contributed by atoms with Crippen LogP contribution in [0.2, 0.25) is 10.0 Å². The van der Waals surface area contributed by atoms with Crippen molar-refractivity contribution < 1.29 is 14.3 Å². The Kier molecular flexibility index (Phi) is 5.26. The first-order chi connectivity index (χ1) is 8.45. The largest absolute Gasteiger partial charge is 0.413 e. The smallest absolute Gasteiger partial charge is 0.407 e. The van der Waals surface area contributed by atoms with Crippen molar-refractivity contribution in [1.82, 2.24) is 0 Å². The number of amides is 1. The summed E-state index contributed by atoms with van der Waals surface area (Å²) >= 11 is 12.0. The van der Waals surface area contributed by atoms with Crippen LogP contribution in [0.3, 0.4) is 0 Å². The number of methoxy groups -OCH3 is 1. The molecule has 1 unspecified atom stereocenters. The molecule has 0 radical (unpaired) electrons. The Balaban J connectivity index is 3.27. The van der Waals surface area contributed by atoms with E-state index in [0.29, 0.717) is 22.0 Å². The van der Waals surface area contributed by atoms with Gasteiger partial charge in [0, 0.05) is 24.1 Å². The van der Waals surface area contributed by atoms with Gasteiger partial charge in [0.25, 0.3) is 0 Å². The van der Waals surface area contributed by atoms with Gasteiger partial charge in [0.2, 0.25) is 5.79 Å². The number of hydrogen-bond acceptors (Lipinski definition) is 3. The fourth-order valence-electron chi connectivity index (χ4n) is 1.78. The van der Waals surface area contributed by atoms with Crippen LogP contribution >= 0.6 is 23.2 Å². The Morgan fingerprint density at radius 2 is 2.11 bits per heavy atom. The van der Waals surface area contributed by atoms with Gasteiger partial charge in [-0.15, -0.1) is 0 Å². The normalized spacial score (nSPS) is 14.0. The van der Waals surface area contributed by atoms with Gasteiger partial charge >= 0.3 is 6.09 Å². The first-order valence-corrected chi connectivity index (χ1v) is 6.20. The van der Waals surface area contributed by atoms with Crippen molar-refractivity contribution in [2.24, 2.45) is 5.73 Å². The number of primary amides is 1. The molecule has 0 aliphatic carbocycles. The van der Waals surface area contributed by atoms with Crippen LogP contribution in [0.4, 0.5) is 4.79 Å². The summed E-state index contributed by atoms with van der Waals surface area (Å²) in [5.74, 6) is -1.28. The Labute approximate surface area is 116 Å². The lowest BCUT2D eigenvalue weighted by Gasteiger charge is -2.32. The van der Waals surface area contributed by atoms with E-state index in [4.69, 9.17) is 38.4 Å². The Bertz CT molecular complexity index is 439. The van der Waals surface area contributed by atoms with E-state index in [1.165, 1.54) is 7.11 Å². The summed E-state index contributed by atoms with van der Waals surface area (Å²) in [5.41, 5.74) is 5.62. The molecule has 0 spiro atoms. The number of benzene rings is 1. The maximum Gasteiger partial charge on any atom is 0.407 e. The zero-order valence-electron chi connectivity index (χ0n) is 10.2. The van der Waals surface area contributed by atoms with E-state index >= 15 is 0 Å². The van der Waals surface area contributed by atoms with E-state index in [1.54, 1.807) is 18.2 Å². The molecule has 0 fully saturated rings. The molecular formula is C12H15Cl2NO3. The molecule has 1 atom stereocenters. The second-order valence-electron chi connectivity index (χ2n) is 3.75. The van der Waals surface area contributed by atoms with Crippen LogP contribution in [-0.4, -0.2) is 13.2 Å². The standard InChI is InChI=1S/C12H15Cl2NO3/c1-3-6-12(17-2,18-11(15)16)9-5-4-8(13)7-10(9)14/h4-5,7H,3,6H2,1-2H3,(H2,15,16). The highest BCUT2D eigenvalue weighted by Crippen LogP contribution is 2.37. The Hall–Kier alpha value is -0.970. The van der Waals surface area contributed by atoms with Crippen molar-refractivity contribution in [2.45, 2.75) is 25.6 Å². The molecule has 0 aromatic heterocycles. The average molecular weight is 292 g/mol. The van der Waals surface area contributed by atoms with Crippen LogP contribution in [0.1, 0.15) is 25.3 Å². The molecule has 1 aromatic carbocycles. The third-order valence-electron chi connectivity index (χ3n) is 2.52. The van der Waals surface area contributed by atoms with Crippen LogP contribution in [0.5, 0.6) is 0 Å². The molecule has 1 amide bonds. The van der Waals surface area contributed by atoms with Gasteiger partial charge in [-0.3, -0.25) is 0 Å². The number of hydrogen-bond donors (Lipinski definition) is 1. The highest BCUT2D eigenvalue weighted by atomic mass is 35.5. The van der Waals surface area contributed by atoms with Gasteiger partial charge in [-0.25, -0.2) is 4.79 Å². The van der Waals surface area contributed by atoms with E-state index in [2.05, 4.69) is 0 Å². The molecule has 4 nitrogen and oxygen atoms in total. The van der Waals surface area contributed by atoms with Crippen LogP contribution in [0.25, 0.3) is 0 Å². The van der Waals surface area contributed by atoms with E-state index < -0.39 is 11.9 Å².